The van der Waals surface area contributed by atoms with Crippen molar-refractivity contribution in [2.24, 2.45) is 0 Å². The molecule has 0 unspecified atom stereocenters. The van der Waals surface area contributed by atoms with Gasteiger partial charge in [0.25, 0.3) is 5.91 Å². The molecule has 4 aromatic rings. The number of amides is 5. The number of aromatic nitrogens is 2. The van der Waals surface area contributed by atoms with Crippen LogP contribution in [0.2, 0.25) is 0 Å². The minimum atomic E-state index is -0.997. The van der Waals surface area contributed by atoms with Crippen molar-refractivity contribution in [1.29, 1.82) is 0 Å². The summed E-state index contributed by atoms with van der Waals surface area (Å²) >= 11 is 0. The lowest BCUT2D eigenvalue weighted by Gasteiger charge is -2.29. The number of nitrogens with zero attached hydrogens (tertiary/aromatic N) is 2. The Morgan fingerprint density at radius 1 is 0.920 bits per heavy atom. The average Bonchev–Trinajstić information content (AvgIpc) is 3.78. The summed E-state index contributed by atoms with van der Waals surface area (Å²) in [5.41, 5.74) is 3.33. The second-order valence-electron chi connectivity index (χ2n) is 12.7. The second kappa shape index (κ2) is 15.7. The SMILES string of the molecule is C[C@@H]1NC(=O)[C@H]2CCCN2C(=O)[C@@H](Cc2ccccc2)NC(=O)COc2ccc(cc2)C[C@@H](C(=O)NCCc2nc3ccccc3[nH]2)NC1=O. The molecule has 2 bridgehead atoms. The fraction of sp³-hybridized carbons (Fsp3) is 0.351. The summed E-state index contributed by atoms with van der Waals surface area (Å²) in [6, 6.07) is 20.1. The maximum absolute atomic E-state index is 13.9. The summed E-state index contributed by atoms with van der Waals surface area (Å²) in [6.45, 7) is 1.82. The highest BCUT2D eigenvalue weighted by Crippen LogP contribution is 2.21. The van der Waals surface area contributed by atoms with Crippen LogP contribution in [0.3, 0.4) is 0 Å². The topological polar surface area (TPSA) is 175 Å². The zero-order valence-corrected chi connectivity index (χ0v) is 27.8. The van der Waals surface area contributed by atoms with Crippen molar-refractivity contribution >= 4 is 40.6 Å². The first kappa shape index (κ1) is 34.2. The standard InChI is InChI=1S/C37H41N7O6/c1-23-34(46)43-29(35(47)38-18-17-32-40-27-10-5-6-11-28(27)41-32)20-25-13-15-26(16-14-25)50-22-33(45)42-30(21-24-8-3-2-4-9-24)37(49)44-19-7-12-31(44)36(48)39-23/h2-6,8-11,13-16,23,29-31H,7,12,17-22H2,1H3,(H,38,47)(H,39,48)(H,40,41)(H,42,45)(H,43,46)/t23-,29-,30+,31+/m0/s1. The number of nitrogens with one attached hydrogen (secondary N) is 5. The van der Waals surface area contributed by atoms with Gasteiger partial charge in [0.1, 0.15) is 35.7 Å². The van der Waals surface area contributed by atoms with Crippen LogP contribution in [0.4, 0.5) is 0 Å². The Morgan fingerprint density at radius 3 is 2.46 bits per heavy atom. The van der Waals surface area contributed by atoms with Gasteiger partial charge >= 0.3 is 0 Å². The molecule has 50 heavy (non-hydrogen) atoms. The lowest BCUT2D eigenvalue weighted by molar-refractivity contribution is -0.142. The van der Waals surface area contributed by atoms with Crippen LogP contribution >= 0.6 is 0 Å². The summed E-state index contributed by atoms with van der Waals surface area (Å²) < 4.78 is 5.74. The third-order valence-corrected chi connectivity index (χ3v) is 8.97. The number of imidazole rings is 1. The maximum atomic E-state index is 13.9. The molecule has 3 aliphatic heterocycles. The van der Waals surface area contributed by atoms with Gasteiger partial charge in [-0.25, -0.2) is 4.98 Å². The van der Waals surface area contributed by atoms with Gasteiger partial charge < -0.3 is 35.9 Å². The average molecular weight is 680 g/mol. The third-order valence-electron chi connectivity index (χ3n) is 8.97. The van der Waals surface area contributed by atoms with Crippen molar-refractivity contribution in [2.75, 3.05) is 19.7 Å². The molecule has 260 valence electrons. The molecule has 5 N–H and O–H groups in total. The summed E-state index contributed by atoms with van der Waals surface area (Å²) in [5.74, 6) is -1.14. The zero-order chi connectivity index (χ0) is 35.0. The number of hydrogen-bond donors (Lipinski definition) is 5. The van der Waals surface area contributed by atoms with Gasteiger partial charge in [-0.2, -0.15) is 0 Å². The Hall–Kier alpha value is -5.72. The Balaban J connectivity index is 1.18. The van der Waals surface area contributed by atoms with Crippen LogP contribution in [0, 0.1) is 0 Å². The molecule has 0 radical (unpaired) electrons. The molecule has 0 spiro atoms. The predicted molar refractivity (Wildman–Crippen MR) is 185 cm³/mol. The lowest BCUT2D eigenvalue weighted by atomic mass is 10.0. The van der Waals surface area contributed by atoms with Crippen LogP contribution in [0.5, 0.6) is 5.75 Å². The molecule has 0 saturated carbocycles. The lowest BCUT2D eigenvalue weighted by Crippen LogP contribution is -2.58. The van der Waals surface area contributed by atoms with E-state index in [1.807, 2.05) is 54.6 Å². The summed E-state index contributed by atoms with van der Waals surface area (Å²) in [5, 5.41) is 11.3. The molecule has 0 aliphatic carbocycles. The first-order valence-corrected chi connectivity index (χ1v) is 16.9. The highest BCUT2D eigenvalue weighted by Gasteiger charge is 2.39. The van der Waals surface area contributed by atoms with Gasteiger partial charge in [0.05, 0.1) is 11.0 Å². The van der Waals surface area contributed by atoms with Gasteiger partial charge in [-0.3, -0.25) is 24.0 Å². The third kappa shape index (κ3) is 8.46. The van der Waals surface area contributed by atoms with Gasteiger partial charge in [0, 0.05) is 32.4 Å². The van der Waals surface area contributed by atoms with E-state index in [4.69, 9.17) is 4.74 Å². The van der Waals surface area contributed by atoms with Crippen molar-refractivity contribution < 1.29 is 28.7 Å². The van der Waals surface area contributed by atoms with E-state index < -0.39 is 53.7 Å². The predicted octanol–water partition coefficient (Wildman–Crippen LogP) is 1.56. The minimum absolute atomic E-state index is 0.162. The Kier molecular flexibility index (Phi) is 10.7. The van der Waals surface area contributed by atoms with E-state index in [1.165, 1.54) is 11.8 Å². The van der Waals surface area contributed by atoms with Crippen LogP contribution in [0.1, 0.15) is 36.7 Å². The molecule has 1 aromatic heterocycles. The number of carbonyl (C=O) groups is 5. The Bertz CT molecular complexity index is 1810. The highest BCUT2D eigenvalue weighted by atomic mass is 16.5. The first-order valence-electron chi connectivity index (χ1n) is 16.9. The monoisotopic (exact) mass is 679 g/mol. The van der Waals surface area contributed by atoms with Crippen molar-refractivity contribution in [3.8, 4) is 5.75 Å². The number of para-hydroxylation sites is 2. The maximum Gasteiger partial charge on any atom is 0.258 e. The summed E-state index contributed by atoms with van der Waals surface area (Å²) in [6.07, 6.45) is 1.84. The van der Waals surface area contributed by atoms with E-state index in [0.29, 0.717) is 31.6 Å². The van der Waals surface area contributed by atoms with E-state index in [1.54, 1.807) is 24.3 Å². The van der Waals surface area contributed by atoms with Crippen LogP contribution in [0.25, 0.3) is 11.0 Å². The molecule has 4 heterocycles. The molecular weight excluding hydrogens is 638 g/mol. The fourth-order valence-electron chi connectivity index (χ4n) is 6.33. The number of carbonyl (C=O) groups excluding carboxylic acids is 5. The number of hydrogen-bond acceptors (Lipinski definition) is 7. The normalized spacial score (nSPS) is 22.0. The van der Waals surface area contributed by atoms with E-state index in [2.05, 4.69) is 31.2 Å². The molecule has 3 aromatic carbocycles. The Labute approximate surface area is 289 Å². The summed E-state index contributed by atoms with van der Waals surface area (Å²) in [7, 11) is 0. The number of H-pyrrole nitrogens is 1. The van der Waals surface area contributed by atoms with Crippen LogP contribution < -0.4 is 26.0 Å². The van der Waals surface area contributed by atoms with E-state index in [0.717, 1.165) is 28.0 Å². The van der Waals surface area contributed by atoms with Crippen LogP contribution in [-0.2, 0) is 43.2 Å². The van der Waals surface area contributed by atoms with E-state index >= 15 is 0 Å². The number of benzene rings is 3. The number of ether oxygens (including phenoxy) is 1. The first-order chi connectivity index (χ1) is 24.2. The van der Waals surface area contributed by atoms with Crippen molar-refractivity contribution in [1.82, 2.24) is 36.1 Å². The Morgan fingerprint density at radius 2 is 1.68 bits per heavy atom. The highest BCUT2D eigenvalue weighted by molar-refractivity contribution is 5.96. The molecule has 4 atom stereocenters. The molecule has 7 rings (SSSR count). The van der Waals surface area contributed by atoms with Crippen LogP contribution in [0.15, 0.2) is 78.9 Å². The van der Waals surface area contributed by atoms with Crippen LogP contribution in [-0.4, -0.2) is 88.3 Å². The van der Waals surface area contributed by atoms with E-state index in [-0.39, 0.29) is 26.0 Å². The molecule has 5 amide bonds. The van der Waals surface area contributed by atoms with Gasteiger partial charge in [-0.1, -0.05) is 54.6 Å². The van der Waals surface area contributed by atoms with Crippen molar-refractivity contribution in [3.05, 3.63) is 95.8 Å². The molecule has 3 aliphatic rings. The summed E-state index contributed by atoms with van der Waals surface area (Å²) in [4.78, 5) is 76.7. The minimum Gasteiger partial charge on any atom is -0.484 e. The number of aromatic amines is 1. The van der Waals surface area contributed by atoms with Gasteiger partial charge in [-0.05, 0) is 55.2 Å². The largest absolute Gasteiger partial charge is 0.484 e. The number of rotatable bonds is 6. The van der Waals surface area contributed by atoms with Crippen molar-refractivity contribution in [3.63, 3.8) is 0 Å². The second-order valence-corrected chi connectivity index (χ2v) is 12.7. The fourth-order valence-corrected chi connectivity index (χ4v) is 6.33. The molecular formula is C37H41N7O6. The van der Waals surface area contributed by atoms with Gasteiger partial charge in [-0.15, -0.1) is 0 Å². The smallest absolute Gasteiger partial charge is 0.258 e. The van der Waals surface area contributed by atoms with E-state index in [9.17, 15) is 24.0 Å². The molecule has 13 nitrogen and oxygen atoms in total. The zero-order valence-electron chi connectivity index (χ0n) is 27.8. The molecule has 1 fully saturated rings. The van der Waals surface area contributed by atoms with Crippen molar-refractivity contribution in [2.45, 2.75) is 63.2 Å². The quantitative estimate of drug-likeness (QED) is 0.206. The molecule has 1 saturated heterocycles. The number of fused-ring (bicyclic) bond motifs is 14. The molecule has 13 heteroatoms. The van der Waals surface area contributed by atoms with Gasteiger partial charge in [0.2, 0.25) is 23.6 Å². The van der Waals surface area contributed by atoms with Gasteiger partial charge in [0.15, 0.2) is 6.61 Å².